The first-order chi connectivity index (χ1) is 15.9. The molecule has 0 saturated heterocycles. The highest BCUT2D eigenvalue weighted by atomic mass is 32.2. The van der Waals surface area contributed by atoms with Gasteiger partial charge in [0.05, 0.1) is 22.7 Å². The SMILES string of the molecule is Cc1nnc(-c2ccc3c(c2)N(S(=O)(=O)c2cccc(C(F)(F)F)c2)C[C@H](CCC(=O)O)O3)o1. The minimum Gasteiger partial charge on any atom is -0.486 e. The van der Waals surface area contributed by atoms with Gasteiger partial charge in [-0.15, -0.1) is 10.2 Å². The van der Waals surface area contributed by atoms with E-state index in [0.29, 0.717) is 11.6 Å². The van der Waals surface area contributed by atoms with Gasteiger partial charge in [0, 0.05) is 18.9 Å². The molecule has 1 aliphatic rings. The van der Waals surface area contributed by atoms with Crippen molar-refractivity contribution in [2.24, 2.45) is 0 Å². The Hall–Kier alpha value is -3.61. The summed E-state index contributed by atoms with van der Waals surface area (Å²) in [6, 6.07) is 7.85. The van der Waals surface area contributed by atoms with Crippen molar-refractivity contribution in [1.82, 2.24) is 10.2 Å². The average molecular weight is 497 g/mol. The monoisotopic (exact) mass is 497 g/mol. The summed E-state index contributed by atoms with van der Waals surface area (Å²) in [5.41, 5.74) is -0.687. The molecule has 4 rings (SSSR count). The van der Waals surface area contributed by atoms with E-state index in [1.54, 1.807) is 13.0 Å². The lowest BCUT2D eigenvalue weighted by Gasteiger charge is -2.35. The minimum absolute atomic E-state index is 0.00596. The first kappa shape index (κ1) is 23.5. The van der Waals surface area contributed by atoms with E-state index in [4.69, 9.17) is 14.3 Å². The first-order valence-electron chi connectivity index (χ1n) is 9.98. The molecule has 13 heteroatoms. The van der Waals surface area contributed by atoms with Gasteiger partial charge in [0.2, 0.25) is 11.8 Å². The van der Waals surface area contributed by atoms with Crippen LogP contribution in [-0.4, -0.2) is 42.3 Å². The van der Waals surface area contributed by atoms with Crippen LogP contribution in [0.15, 0.2) is 51.8 Å². The molecule has 1 aromatic heterocycles. The third kappa shape index (κ3) is 4.69. The summed E-state index contributed by atoms with van der Waals surface area (Å²) in [7, 11) is -4.48. The van der Waals surface area contributed by atoms with Crippen molar-refractivity contribution in [3.63, 3.8) is 0 Å². The third-order valence-corrected chi connectivity index (χ3v) is 6.87. The number of carboxylic acid groups (broad SMARTS) is 1. The zero-order chi connectivity index (χ0) is 24.7. The summed E-state index contributed by atoms with van der Waals surface area (Å²) < 4.78 is 78.7. The number of aromatic nitrogens is 2. The summed E-state index contributed by atoms with van der Waals surface area (Å²) in [6.45, 7) is 1.28. The van der Waals surface area contributed by atoms with Crippen LogP contribution in [0.4, 0.5) is 18.9 Å². The molecular formula is C21H18F3N3O6S. The van der Waals surface area contributed by atoms with Gasteiger partial charge in [0.1, 0.15) is 11.9 Å². The maximum Gasteiger partial charge on any atom is 0.416 e. The van der Waals surface area contributed by atoms with Crippen molar-refractivity contribution in [3.8, 4) is 17.2 Å². The van der Waals surface area contributed by atoms with Gasteiger partial charge < -0.3 is 14.3 Å². The van der Waals surface area contributed by atoms with E-state index in [0.717, 1.165) is 22.5 Å². The van der Waals surface area contributed by atoms with Gasteiger partial charge in [0.15, 0.2) is 0 Å². The number of anilines is 1. The van der Waals surface area contributed by atoms with Gasteiger partial charge in [-0.2, -0.15) is 13.2 Å². The van der Waals surface area contributed by atoms with Crippen LogP contribution in [0.5, 0.6) is 5.75 Å². The molecule has 9 nitrogen and oxygen atoms in total. The van der Waals surface area contributed by atoms with E-state index >= 15 is 0 Å². The Balaban J connectivity index is 1.80. The fourth-order valence-corrected chi connectivity index (χ4v) is 5.03. The van der Waals surface area contributed by atoms with E-state index in [-0.39, 0.29) is 42.6 Å². The lowest BCUT2D eigenvalue weighted by atomic mass is 10.1. The Morgan fingerprint density at radius 2 is 1.97 bits per heavy atom. The maximum absolute atomic E-state index is 13.5. The number of alkyl halides is 3. The highest BCUT2D eigenvalue weighted by Crippen LogP contribution is 2.41. The van der Waals surface area contributed by atoms with E-state index in [2.05, 4.69) is 10.2 Å². The average Bonchev–Trinajstić information content (AvgIpc) is 3.22. The number of hydrogen-bond donors (Lipinski definition) is 1. The van der Waals surface area contributed by atoms with Crippen LogP contribution in [0, 0.1) is 6.92 Å². The Morgan fingerprint density at radius 3 is 2.62 bits per heavy atom. The normalized spacial score (nSPS) is 16.1. The zero-order valence-electron chi connectivity index (χ0n) is 17.6. The predicted molar refractivity (Wildman–Crippen MR) is 112 cm³/mol. The van der Waals surface area contributed by atoms with Crippen LogP contribution in [0.25, 0.3) is 11.5 Å². The highest BCUT2D eigenvalue weighted by molar-refractivity contribution is 7.92. The third-order valence-electron chi connectivity index (χ3n) is 5.09. The number of sulfonamides is 1. The van der Waals surface area contributed by atoms with E-state index < -0.39 is 38.7 Å². The molecule has 0 saturated carbocycles. The van der Waals surface area contributed by atoms with Crippen molar-refractivity contribution in [2.75, 3.05) is 10.8 Å². The largest absolute Gasteiger partial charge is 0.486 e. The summed E-state index contributed by atoms with van der Waals surface area (Å²) >= 11 is 0. The lowest BCUT2D eigenvalue weighted by molar-refractivity contribution is -0.138. The number of halogens is 3. The Bertz CT molecular complexity index is 1340. The Labute approximate surface area is 191 Å². The molecule has 0 radical (unpaired) electrons. The molecule has 2 aromatic carbocycles. The summed E-state index contributed by atoms with van der Waals surface area (Å²) in [5.74, 6) is -0.572. The quantitative estimate of drug-likeness (QED) is 0.544. The van der Waals surface area contributed by atoms with Gasteiger partial charge in [-0.3, -0.25) is 9.10 Å². The van der Waals surface area contributed by atoms with Crippen LogP contribution in [0.2, 0.25) is 0 Å². The van der Waals surface area contributed by atoms with Crippen LogP contribution < -0.4 is 9.04 Å². The van der Waals surface area contributed by atoms with Gasteiger partial charge in [-0.05, 0) is 42.8 Å². The second-order valence-corrected chi connectivity index (χ2v) is 9.41. The van der Waals surface area contributed by atoms with E-state index in [1.807, 2.05) is 0 Å². The maximum atomic E-state index is 13.5. The molecule has 0 bridgehead atoms. The number of nitrogens with zero attached hydrogens (tertiary/aromatic N) is 3. The number of aryl methyl sites for hydroxylation is 1. The molecule has 34 heavy (non-hydrogen) atoms. The van der Waals surface area contributed by atoms with Crippen molar-refractivity contribution < 1.29 is 40.6 Å². The second kappa shape index (κ2) is 8.63. The fourth-order valence-electron chi connectivity index (χ4n) is 3.48. The van der Waals surface area contributed by atoms with Crippen LogP contribution in [0.3, 0.4) is 0 Å². The molecule has 3 aromatic rings. The molecular weight excluding hydrogens is 479 g/mol. The Kier molecular flexibility index (Phi) is 5.98. The highest BCUT2D eigenvalue weighted by Gasteiger charge is 2.37. The number of benzene rings is 2. The molecule has 2 heterocycles. The number of fused-ring (bicyclic) bond motifs is 1. The minimum atomic E-state index is -4.73. The second-order valence-electron chi connectivity index (χ2n) is 7.54. The van der Waals surface area contributed by atoms with Gasteiger partial charge in [-0.25, -0.2) is 8.42 Å². The van der Waals surface area contributed by atoms with Crippen LogP contribution in [-0.2, 0) is 21.0 Å². The fraction of sp³-hybridized carbons (Fsp3) is 0.286. The molecule has 0 amide bonds. The van der Waals surface area contributed by atoms with Crippen LogP contribution in [0.1, 0.15) is 24.3 Å². The summed E-state index contributed by atoms with van der Waals surface area (Å²) in [6.07, 6.45) is -5.85. The smallest absolute Gasteiger partial charge is 0.416 e. The topological polar surface area (TPSA) is 123 Å². The molecule has 0 fully saturated rings. The Morgan fingerprint density at radius 1 is 1.21 bits per heavy atom. The van der Waals surface area contributed by atoms with Crippen molar-refractivity contribution >= 4 is 21.7 Å². The number of carboxylic acids is 1. The van der Waals surface area contributed by atoms with E-state index in [1.165, 1.54) is 12.1 Å². The standard InChI is InChI=1S/C21H18F3N3O6S/c1-12-25-26-20(32-12)13-5-7-18-17(9-13)27(11-15(33-18)6-8-19(28)29)34(30,31)16-4-2-3-14(10-16)21(22,23)24/h2-5,7,9-10,15H,6,8,11H2,1H3,(H,28,29)/t15-/m0/s1. The number of ether oxygens (including phenoxy) is 1. The number of carbonyl (C=O) groups is 1. The van der Waals surface area contributed by atoms with Gasteiger partial charge in [-0.1, -0.05) is 6.07 Å². The molecule has 180 valence electrons. The van der Waals surface area contributed by atoms with Crippen molar-refractivity contribution in [1.29, 1.82) is 0 Å². The van der Waals surface area contributed by atoms with Crippen LogP contribution >= 0.6 is 0 Å². The summed E-state index contributed by atoms with van der Waals surface area (Å²) in [4.78, 5) is 10.4. The molecule has 0 unspecified atom stereocenters. The molecule has 1 atom stereocenters. The molecule has 1 N–H and O–H groups in total. The first-order valence-corrected chi connectivity index (χ1v) is 11.4. The number of aliphatic carboxylic acids is 1. The zero-order valence-corrected chi connectivity index (χ0v) is 18.4. The number of rotatable bonds is 6. The van der Waals surface area contributed by atoms with E-state index in [9.17, 15) is 26.4 Å². The summed E-state index contributed by atoms with van der Waals surface area (Å²) in [5, 5.41) is 16.6. The lowest BCUT2D eigenvalue weighted by Crippen LogP contribution is -2.43. The molecule has 0 spiro atoms. The predicted octanol–water partition coefficient (Wildman–Crippen LogP) is 3.88. The van der Waals surface area contributed by atoms with Gasteiger partial charge >= 0.3 is 12.1 Å². The molecule has 0 aliphatic carbocycles. The van der Waals surface area contributed by atoms with Crippen molar-refractivity contribution in [2.45, 2.75) is 36.9 Å². The molecule has 1 aliphatic heterocycles. The van der Waals surface area contributed by atoms with Gasteiger partial charge in [0.25, 0.3) is 10.0 Å². The van der Waals surface area contributed by atoms with Crippen molar-refractivity contribution in [3.05, 3.63) is 53.9 Å². The number of hydrogen-bond acceptors (Lipinski definition) is 7.